The standard InChI is InChI=1S/C22H15NOS/c24-21-16-11-5-4-10-15(16)20-19(21)22(14-8-2-1-3-9-14)25-18-13-7-6-12-17(18)23-20/h1-13,19,22H/t19-,22+/m0/s1. The first kappa shape index (κ1) is 14.7. The summed E-state index contributed by atoms with van der Waals surface area (Å²) in [6.07, 6.45) is 0. The van der Waals surface area contributed by atoms with E-state index in [4.69, 9.17) is 4.99 Å². The van der Waals surface area contributed by atoms with Crippen molar-refractivity contribution in [1.82, 2.24) is 0 Å². The number of carbonyl (C=O) groups excluding carboxylic acids is 1. The minimum absolute atomic E-state index is 0.0310. The number of hydrogen-bond donors (Lipinski definition) is 0. The van der Waals surface area contributed by atoms with Crippen LogP contribution in [0.3, 0.4) is 0 Å². The van der Waals surface area contributed by atoms with Crippen molar-refractivity contribution >= 4 is 28.9 Å². The monoisotopic (exact) mass is 341 g/mol. The largest absolute Gasteiger partial charge is 0.293 e. The number of aliphatic imine (C=N–C) groups is 1. The Kier molecular flexibility index (Phi) is 3.35. The Morgan fingerprint density at radius 1 is 0.760 bits per heavy atom. The molecule has 0 bridgehead atoms. The van der Waals surface area contributed by atoms with Gasteiger partial charge < -0.3 is 0 Å². The Hall–Kier alpha value is -2.65. The number of nitrogens with zero attached hydrogens (tertiary/aromatic N) is 1. The van der Waals surface area contributed by atoms with Gasteiger partial charge in [-0.15, -0.1) is 11.8 Å². The van der Waals surface area contributed by atoms with Crippen LogP contribution < -0.4 is 0 Å². The highest BCUT2D eigenvalue weighted by Crippen LogP contribution is 2.51. The zero-order valence-electron chi connectivity index (χ0n) is 13.4. The molecule has 25 heavy (non-hydrogen) atoms. The fourth-order valence-corrected chi connectivity index (χ4v) is 5.03. The predicted molar refractivity (Wildman–Crippen MR) is 102 cm³/mol. The van der Waals surface area contributed by atoms with Crippen molar-refractivity contribution in [2.75, 3.05) is 0 Å². The van der Waals surface area contributed by atoms with Crippen LogP contribution >= 0.6 is 11.8 Å². The molecule has 0 radical (unpaired) electrons. The lowest BCUT2D eigenvalue weighted by Crippen LogP contribution is -2.21. The van der Waals surface area contributed by atoms with Crippen LogP contribution in [0.15, 0.2) is 88.8 Å². The zero-order valence-corrected chi connectivity index (χ0v) is 14.2. The molecule has 120 valence electrons. The minimum atomic E-state index is -0.239. The molecule has 0 unspecified atom stereocenters. The maximum absolute atomic E-state index is 13.2. The number of para-hydroxylation sites is 1. The molecule has 3 aromatic rings. The van der Waals surface area contributed by atoms with Gasteiger partial charge in [-0.1, -0.05) is 66.7 Å². The molecule has 3 heteroatoms. The van der Waals surface area contributed by atoms with Crippen LogP contribution in [0.25, 0.3) is 0 Å². The van der Waals surface area contributed by atoms with E-state index in [1.165, 1.54) is 5.56 Å². The Morgan fingerprint density at radius 2 is 1.44 bits per heavy atom. The van der Waals surface area contributed by atoms with E-state index in [0.29, 0.717) is 0 Å². The van der Waals surface area contributed by atoms with Crippen molar-refractivity contribution in [2.45, 2.75) is 10.1 Å². The molecule has 5 rings (SSSR count). The summed E-state index contributed by atoms with van der Waals surface area (Å²) in [5, 5.41) is 0.0310. The Bertz CT molecular complexity index is 1010. The maximum Gasteiger partial charge on any atom is 0.174 e. The highest BCUT2D eigenvalue weighted by Gasteiger charge is 2.44. The van der Waals surface area contributed by atoms with Crippen molar-refractivity contribution in [2.24, 2.45) is 10.9 Å². The molecule has 1 aliphatic carbocycles. The summed E-state index contributed by atoms with van der Waals surface area (Å²) in [7, 11) is 0. The number of thioether (sulfide) groups is 1. The van der Waals surface area contributed by atoms with E-state index in [1.54, 1.807) is 11.8 Å². The van der Waals surface area contributed by atoms with E-state index in [9.17, 15) is 4.79 Å². The van der Waals surface area contributed by atoms with E-state index in [0.717, 1.165) is 27.4 Å². The second-order valence-electron chi connectivity index (χ2n) is 6.30. The molecule has 0 fully saturated rings. The van der Waals surface area contributed by atoms with Crippen LogP contribution in [-0.2, 0) is 0 Å². The van der Waals surface area contributed by atoms with Gasteiger partial charge in [0.25, 0.3) is 0 Å². The first-order valence-electron chi connectivity index (χ1n) is 8.36. The van der Waals surface area contributed by atoms with Crippen molar-refractivity contribution in [3.8, 4) is 0 Å². The Labute approximate surface area is 150 Å². The molecular weight excluding hydrogens is 326 g/mol. The summed E-state index contributed by atoms with van der Waals surface area (Å²) >= 11 is 1.75. The van der Waals surface area contributed by atoms with Crippen LogP contribution in [0.4, 0.5) is 5.69 Å². The molecule has 2 aliphatic rings. The van der Waals surface area contributed by atoms with Gasteiger partial charge in [0, 0.05) is 16.0 Å². The second kappa shape index (κ2) is 5.71. The Morgan fingerprint density at radius 3 is 2.28 bits per heavy atom. The summed E-state index contributed by atoms with van der Waals surface area (Å²) in [5.74, 6) is -0.0549. The van der Waals surface area contributed by atoms with Gasteiger partial charge >= 0.3 is 0 Å². The Balaban J connectivity index is 1.77. The molecule has 0 spiro atoms. The second-order valence-corrected chi connectivity index (χ2v) is 7.48. The summed E-state index contributed by atoms with van der Waals surface area (Å²) in [5.41, 5.74) is 4.81. The predicted octanol–water partition coefficient (Wildman–Crippen LogP) is 5.47. The number of rotatable bonds is 1. The van der Waals surface area contributed by atoms with Crippen LogP contribution in [0, 0.1) is 5.92 Å². The van der Waals surface area contributed by atoms with Crippen LogP contribution in [0.2, 0.25) is 0 Å². The maximum atomic E-state index is 13.2. The number of Topliss-reactive ketones (excluding diaryl/α,β-unsaturated/α-hetero) is 1. The molecule has 2 nitrogen and oxygen atoms in total. The van der Waals surface area contributed by atoms with Crippen LogP contribution in [-0.4, -0.2) is 11.5 Å². The van der Waals surface area contributed by atoms with Gasteiger partial charge in [0.15, 0.2) is 5.78 Å². The highest BCUT2D eigenvalue weighted by molar-refractivity contribution is 7.99. The topological polar surface area (TPSA) is 29.4 Å². The van der Waals surface area contributed by atoms with Gasteiger partial charge in [-0.05, 0) is 17.7 Å². The summed E-state index contributed by atoms with van der Waals surface area (Å²) in [6.45, 7) is 0. The average Bonchev–Trinajstić information content (AvgIpc) is 2.84. The van der Waals surface area contributed by atoms with Crippen LogP contribution in [0.1, 0.15) is 26.7 Å². The molecule has 2 atom stereocenters. The van der Waals surface area contributed by atoms with E-state index in [-0.39, 0.29) is 17.0 Å². The fourth-order valence-electron chi connectivity index (χ4n) is 3.68. The number of benzene rings is 3. The van der Waals surface area contributed by atoms with E-state index in [2.05, 4.69) is 18.2 Å². The molecule has 0 aromatic heterocycles. The molecule has 0 saturated heterocycles. The molecule has 0 saturated carbocycles. The summed E-state index contributed by atoms with van der Waals surface area (Å²) in [4.78, 5) is 19.3. The van der Waals surface area contributed by atoms with Gasteiger partial charge in [-0.2, -0.15) is 0 Å². The lowest BCUT2D eigenvalue weighted by molar-refractivity contribution is 0.0960. The molecule has 1 heterocycles. The number of ketones is 1. The number of carbonyl (C=O) groups is 1. The quantitative estimate of drug-likeness (QED) is 0.587. The van der Waals surface area contributed by atoms with Crippen molar-refractivity contribution < 1.29 is 4.79 Å². The first-order valence-corrected chi connectivity index (χ1v) is 9.24. The van der Waals surface area contributed by atoms with E-state index < -0.39 is 0 Å². The van der Waals surface area contributed by atoms with Crippen LogP contribution in [0.5, 0.6) is 0 Å². The SMILES string of the molecule is O=C1c2ccccc2C2=Nc3ccccc3S[C@H](c3ccccc3)[C@H]12. The third-order valence-electron chi connectivity index (χ3n) is 4.84. The van der Waals surface area contributed by atoms with Crippen molar-refractivity contribution in [1.29, 1.82) is 0 Å². The third-order valence-corrected chi connectivity index (χ3v) is 6.23. The molecular formula is C22H15NOS. The first-order chi connectivity index (χ1) is 12.3. The van der Waals surface area contributed by atoms with E-state index in [1.807, 2.05) is 60.7 Å². The molecule has 0 amide bonds. The van der Waals surface area contributed by atoms with Gasteiger partial charge in [0.2, 0.25) is 0 Å². The normalized spacial score (nSPS) is 21.0. The van der Waals surface area contributed by atoms with Crippen molar-refractivity contribution in [3.05, 3.63) is 95.6 Å². The van der Waals surface area contributed by atoms with Gasteiger partial charge in [0.05, 0.1) is 22.6 Å². The highest BCUT2D eigenvalue weighted by atomic mass is 32.2. The van der Waals surface area contributed by atoms with Gasteiger partial charge in [0.1, 0.15) is 0 Å². The summed E-state index contributed by atoms with van der Waals surface area (Å²) in [6, 6.07) is 26.3. The molecule has 1 aliphatic heterocycles. The average molecular weight is 341 g/mol. The van der Waals surface area contributed by atoms with Gasteiger partial charge in [-0.25, -0.2) is 0 Å². The lowest BCUT2D eigenvalue weighted by atomic mass is 9.93. The lowest BCUT2D eigenvalue weighted by Gasteiger charge is -2.21. The minimum Gasteiger partial charge on any atom is -0.293 e. The molecule has 3 aromatic carbocycles. The summed E-state index contributed by atoms with van der Waals surface area (Å²) < 4.78 is 0. The number of fused-ring (bicyclic) bond motifs is 4. The fraction of sp³-hybridized carbons (Fsp3) is 0.0909. The number of hydrogen-bond acceptors (Lipinski definition) is 3. The van der Waals surface area contributed by atoms with Crippen molar-refractivity contribution in [3.63, 3.8) is 0 Å². The van der Waals surface area contributed by atoms with Gasteiger partial charge in [-0.3, -0.25) is 9.79 Å². The zero-order chi connectivity index (χ0) is 16.8. The smallest absolute Gasteiger partial charge is 0.174 e. The molecule has 0 N–H and O–H groups in total. The van der Waals surface area contributed by atoms with E-state index >= 15 is 0 Å². The third kappa shape index (κ3) is 2.27.